The summed E-state index contributed by atoms with van der Waals surface area (Å²) in [6.45, 7) is 4.40. The van der Waals surface area contributed by atoms with Gasteiger partial charge in [-0.25, -0.2) is 0 Å². The monoisotopic (exact) mass is 277 g/mol. The number of aryl methyl sites for hydroxylation is 1. The van der Waals surface area contributed by atoms with Crippen LogP contribution in [0.1, 0.15) is 30.9 Å². The van der Waals surface area contributed by atoms with Gasteiger partial charge in [0.2, 0.25) is 0 Å². The zero-order valence-electron chi connectivity index (χ0n) is 12.7. The number of hydrogen-bond donors (Lipinski definition) is 1. The van der Waals surface area contributed by atoms with E-state index >= 15 is 0 Å². The molecule has 3 nitrogen and oxygen atoms in total. The van der Waals surface area contributed by atoms with Crippen LogP contribution in [0.3, 0.4) is 0 Å². The number of likely N-dealkylation sites (tertiary alicyclic amines) is 1. The van der Waals surface area contributed by atoms with E-state index in [0.717, 1.165) is 38.8 Å². The first-order valence-electron chi connectivity index (χ1n) is 7.73. The summed E-state index contributed by atoms with van der Waals surface area (Å²) in [5.74, 6) is 0. The summed E-state index contributed by atoms with van der Waals surface area (Å²) in [4.78, 5) is 2.39. The Hall–Kier alpha value is -0.900. The number of nitrogens with zero attached hydrogens (tertiary/aromatic N) is 1. The maximum absolute atomic E-state index is 9.54. The van der Waals surface area contributed by atoms with Gasteiger partial charge in [-0.1, -0.05) is 31.2 Å². The number of piperidine rings is 1. The lowest BCUT2D eigenvalue weighted by molar-refractivity contribution is -0.00874. The lowest BCUT2D eigenvalue weighted by Crippen LogP contribution is -2.48. The number of aliphatic hydroxyl groups excluding tert-OH is 1. The second kappa shape index (κ2) is 7.77. The fourth-order valence-electron chi connectivity index (χ4n) is 3.15. The molecule has 1 aromatic rings. The highest BCUT2D eigenvalue weighted by Gasteiger charge is 2.27. The largest absolute Gasteiger partial charge is 0.395 e. The Morgan fingerprint density at radius 3 is 2.65 bits per heavy atom. The molecule has 0 unspecified atom stereocenters. The van der Waals surface area contributed by atoms with Crippen molar-refractivity contribution in [2.24, 2.45) is 0 Å². The highest BCUT2D eigenvalue weighted by atomic mass is 16.5. The average Bonchev–Trinajstić information content (AvgIpc) is 2.52. The first-order chi connectivity index (χ1) is 9.78. The van der Waals surface area contributed by atoms with E-state index in [2.05, 4.69) is 36.1 Å². The van der Waals surface area contributed by atoms with Gasteiger partial charge in [-0.2, -0.15) is 0 Å². The zero-order chi connectivity index (χ0) is 14.4. The highest BCUT2D eigenvalue weighted by Crippen LogP contribution is 2.20. The van der Waals surface area contributed by atoms with Gasteiger partial charge in [0.05, 0.1) is 12.7 Å². The summed E-state index contributed by atoms with van der Waals surface area (Å²) in [5, 5.41) is 9.54. The van der Waals surface area contributed by atoms with Crippen molar-refractivity contribution in [2.75, 3.05) is 26.8 Å². The second-order valence-electron chi connectivity index (χ2n) is 5.64. The predicted octanol–water partition coefficient (Wildman–Crippen LogP) is 2.26. The second-order valence-corrected chi connectivity index (χ2v) is 5.64. The van der Waals surface area contributed by atoms with Gasteiger partial charge in [0.15, 0.2) is 0 Å². The minimum Gasteiger partial charge on any atom is -0.395 e. The van der Waals surface area contributed by atoms with Crippen molar-refractivity contribution in [1.82, 2.24) is 4.90 Å². The van der Waals surface area contributed by atoms with Crippen LogP contribution in [0, 0.1) is 0 Å². The Morgan fingerprint density at radius 1 is 1.25 bits per heavy atom. The molecule has 0 radical (unpaired) electrons. The fraction of sp³-hybridized carbons (Fsp3) is 0.647. The Balaban J connectivity index is 1.96. The Labute approximate surface area is 122 Å². The molecule has 1 saturated heterocycles. The molecule has 0 aliphatic carbocycles. The van der Waals surface area contributed by atoms with Crippen LogP contribution in [0.2, 0.25) is 0 Å². The summed E-state index contributed by atoms with van der Waals surface area (Å²) in [7, 11) is 1.79. The Morgan fingerprint density at radius 2 is 2.00 bits per heavy atom. The number of benzene rings is 1. The van der Waals surface area contributed by atoms with Crippen molar-refractivity contribution in [3.63, 3.8) is 0 Å². The number of hydrogen-bond acceptors (Lipinski definition) is 3. The molecule has 2 rings (SSSR count). The lowest BCUT2D eigenvalue weighted by atomic mass is 9.98. The number of ether oxygens (including phenoxy) is 1. The molecule has 0 saturated carbocycles. The fourth-order valence-corrected chi connectivity index (χ4v) is 3.15. The Kier molecular flexibility index (Phi) is 6.02. The molecule has 3 heteroatoms. The van der Waals surface area contributed by atoms with Gasteiger partial charge < -0.3 is 9.84 Å². The first-order valence-corrected chi connectivity index (χ1v) is 7.73. The smallest absolute Gasteiger partial charge is 0.0698 e. The summed E-state index contributed by atoms with van der Waals surface area (Å²) in [5.41, 5.74) is 2.87. The highest BCUT2D eigenvalue weighted by molar-refractivity contribution is 5.27. The average molecular weight is 277 g/mol. The van der Waals surface area contributed by atoms with E-state index in [1.165, 1.54) is 11.1 Å². The molecule has 0 aromatic heterocycles. The molecule has 1 fully saturated rings. The van der Waals surface area contributed by atoms with Crippen LogP contribution in [-0.2, 0) is 17.6 Å². The van der Waals surface area contributed by atoms with Gasteiger partial charge in [0, 0.05) is 26.2 Å². The number of methoxy groups -OCH3 is 1. The molecule has 0 bridgehead atoms. The molecule has 1 aliphatic heterocycles. The normalized spacial score (nSPS) is 23.9. The van der Waals surface area contributed by atoms with E-state index in [4.69, 9.17) is 4.74 Å². The molecule has 1 N–H and O–H groups in total. The van der Waals surface area contributed by atoms with Crippen molar-refractivity contribution in [3.8, 4) is 0 Å². The quantitative estimate of drug-likeness (QED) is 0.866. The number of aliphatic hydroxyl groups is 1. The third-order valence-electron chi connectivity index (χ3n) is 4.49. The first kappa shape index (κ1) is 15.5. The van der Waals surface area contributed by atoms with E-state index in [-0.39, 0.29) is 6.61 Å². The van der Waals surface area contributed by atoms with Crippen LogP contribution in [0.4, 0.5) is 0 Å². The van der Waals surface area contributed by atoms with Gasteiger partial charge in [0.25, 0.3) is 0 Å². The van der Waals surface area contributed by atoms with E-state index in [1.807, 2.05) is 0 Å². The minimum absolute atomic E-state index is 0.256. The molecule has 1 aromatic carbocycles. The minimum atomic E-state index is 0.256. The molecule has 0 spiro atoms. The molecule has 2 atom stereocenters. The SMILES string of the molecule is CCc1ccccc1CCN1C[C@H](OC)CC[C@@H]1CO. The summed E-state index contributed by atoms with van der Waals surface area (Å²) >= 11 is 0. The molecular weight excluding hydrogens is 250 g/mol. The van der Waals surface area contributed by atoms with Crippen molar-refractivity contribution >= 4 is 0 Å². The molecule has 112 valence electrons. The van der Waals surface area contributed by atoms with Gasteiger partial charge in [-0.3, -0.25) is 4.90 Å². The van der Waals surface area contributed by atoms with E-state index in [9.17, 15) is 5.11 Å². The van der Waals surface area contributed by atoms with Crippen molar-refractivity contribution in [3.05, 3.63) is 35.4 Å². The lowest BCUT2D eigenvalue weighted by Gasteiger charge is -2.38. The van der Waals surface area contributed by atoms with Gasteiger partial charge in [0.1, 0.15) is 0 Å². The molecular formula is C17H27NO2. The Bertz CT molecular complexity index is 408. The van der Waals surface area contributed by atoms with Crippen molar-refractivity contribution in [2.45, 2.75) is 44.8 Å². The molecule has 1 heterocycles. The maximum atomic E-state index is 9.54. The van der Waals surface area contributed by atoms with Crippen LogP contribution < -0.4 is 0 Å². The summed E-state index contributed by atoms with van der Waals surface area (Å²) in [6.07, 6.45) is 4.55. The third kappa shape index (κ3) is 3.81. The van der Waals surface area contributed by atoms with Crippen LogP contribution in [0.5, 0.6) is 0 Å². The van der Waals surface area contributed by atoms with Gasteiger partial charge in [-0.05, 0) is 36.8 Å². The molecule has 20 heavy (non-hydrogen) atoms. The molecule has 0 amide bonds. The van der Waals surface area contributed by atoms with Crippen LogP contribution >= 0.6 is 0 Å². The van der Waals surface area contributed by atoms with E-state index < -0.39 is 0 Å². The standard InChI is InChI=1S/C17H27NO2/c1-3-14-6-4-5-7-15(14)10-11-18-12-17(20-2)9-8-16(18)13-19/h4-7,16-17,19H,3,8-13H2,1-2H3/t16-,17-/m1/s1. The third-order valence-corrected chi connectivity index (χ3v) is 4.49. The van der Waals surface area contributed by atoms with E-state index in [0.29, 0.717) is 12.1 Å². The maximum Gasteiger partial charge on any atom is 0.0698 e. The summed E-state index contributed by atoms with van der Waals surface area (Å²) < 4.78 is 5.49. The zero-order valence-corrected chi connectivity index (χ0v) is 12.7. The van der Waals surface area contributed by atoms with Crippen molar-refractivity contribution < 1.29 is 9.84 Å². The van der Waals surface area contributed by atoms with Gasteiger partial charge in [-0.15, -0.1) is 0 Å². The van der Waals surface area contributed by atoms with Crippen LogP contribution in [-0.4, -0.2) is 49.0 Å². The predicted molar refractivity (Wildman–Crippen MR) is 82.0 cm³/mol. The summed E-state index contributed by atoms with van der Waals surface area (Å²) in [6, 6.07) is 8.97. The van der Waals surface area contributed by atoms with Crippen LogP contribution in [0.15, 0.2) is 24.3 Å². The van der Waals surface area contributed by atoms with Crippen molar-refractivity contribution in [1.29, 1.82) is 0 Å². The van der Waals surface area contributed by atoms with E-state index in [1.54, 1.807) is 7.11 Å². The number of rotatable bonds is 6. The van der Waals surface area contributed by atoms with Gasteiger partial charge >= 0.3 is 0 Å². The van der Waals surface area contributed by atoms with Crippen LogP contribution in [0.25, 0.3) is 0 Å². The molecule has 1 aliphatic rings. The topological polar surface area (TPSA) is 32.7 Å².